The zero-order chi connectivity index (χ0) is 25.9. The van der Waals surface area contributed by atoms with Crippen molar-refractivity contribution >= 4 is 52.2 Å². The molecular formula is C24H24Cl2N6O3. The average Bonchev–Trinajstić information content (AvgIpc) is 2.80. The monoisotopic (exact) mass is 514 g/mol. The molecule has 0 aliphatic carbocycles. The third kappa shape index (κ3) is 6.11. The molecule has 1 heterocycles. The molecular weight excluding hydrogens is 491 g/mol. The fraction of sp³-hybridized carbons (Fsp3) is 0.250. The van der Waals surface area contributed by atoms with Crippen molar-refractivity contribution in [2.75, 3.05) is 18.4 Å². The Labute approximate surface area is 212 Å². The number of nitrogens with zero attached hydrogens (tertiary/aromatic N) is 3. The fourth-order valence-corrected chi connectivity index (χ4v) is 3.77. The van der Waals surface area contributed by atoms with Crippen LogP contribution in [0.5, 0.6) is 0 Å². The molecule has 1 atom stereocenters. The summed E-state index contributed by atoms with van der Waals surface area (Å²) in [7, 11) is 0. The number of rotatable bonds is 5. The molecule has 0 spiro atoms. The molecule has 35 heavy (non-hydrogen) atoms. The Morgan fingerprint density at radius 1 is 1.17 bits per heavy atom. The van der Waals surface area contributed by atoms with Crippen LogP contribution in [0.3, 0.4) is 0 Å². The smallest absolute Gasteiger partial charge is 0.322 e. The number of primary amides is 1. The van der Waals surface area contributed by atoms with E-state index in [1.807, 2.05) is 6.07 Å². The van der Waals surface area contributed by atoms with Gasteiger partial charge in [0.1, 0.15) is 0 Å². The Bertz CT molecular complexity index is 1260. The summed E-state index contributed by atoms with van der Waals surface area (Å²) < 4.78 is 0. The number of aliphatic imine (C=N–C) groups is 1. The Hall–Kier alpha value is -3.58. The zero-order valence-corrected chi connectivity index (χ0v) is 20.6. The number of urea groups is 1. The van der Waals surface area contributed by atoms with Gasteiger partial charge in [0.05, 0.1) is 56.8 Å². The molecule has 2 aromatic carbocycles. The van der Waals surface area contributed by atoms with E-state index in [0.717, 1.165) is 0 Å². The van der Waals surface area contributed by atoms with Crippen molar-refractivity contribution in [3.05, 3.63) is 69.2 Å². The molecule has 1 unspecified atom stereocenters. The topological polar surface area (TPSA) is 158 Å². The van der Waals surface area contributed by atoms with E-state index in [2.05, 4.69) is 10.3 Å². The van der Waals surface area contributed by atoms with Gasteiger partial charge in [0.25, 0.3) is 5.91 Å². The first-order valence-electron chi connectivity index (χ1n) is 10.5. The number of carbonyl (C=O) groups is 2. The number of benzene rings is 2. The lowest BCUT2D eigenvalue weighted by Crippen LogP contribution is -2.53. The molecule has 0 fully saturated rings. The minimum absolute atomic E-state index is 0.0127. The summed E-state index contributed by atoms with van der Waals surface area (Å²) >= 11 is 12.1. The van der Waals surface area contributed by atoms with Gasteiger partial charge in [-0.25, -0.2) is 4.79 Å². The Kier molecular flexibility index (Phi) is 7.70. The van der Waals surface area contributed by atoms with Crippen molar-refractivity contribution in [1.29, 1.82) is 5.26 Å². The second kappa shape index (κ2) is 10.4. The number of hydrogen-bond acceptors (Lipinski definition) is 6. The van der Waals surface area contributed by atoms with Crippen LogP contribution in [-0.4, -0.2) is 52.4 Å². The highest BCUT2D eigenvalue weighted by Crippen LogP contribution is 2.28. The molecule has 0 saturated carbocycles. The van der Waals surface area contributed by atoms with E-state index in [9.17, 15) is 14.7 Å². The van der Waals surface area contributed by atoms with E-state index >= 15 is 0 Å². The Morgan fingerprint density at radius 2 is 1.83 bits per heavy atom. The second-order valence-corrected chi connectivity index (χ2v) is 9.34. The molecule has 6 N–H and O–H groups in total. The Morgan fingerprint density at radius 3 is 2.37 bits per heavy atom. The summed E-state index contributed by atoms with van der Waals surface area (Å²) in [5.41, 5.74) is 12.1. The lowest BCUT2D eigenvalue weighted by Gasteiger charge is -2.37. The summed E-state index contributed by atoms with van der Waals surface area (Å²) in [6.07, 6.45) is 0. The number of anilines is 1. The summed E-state index contributed by atoms with van der Waals surface area (Å²) in [5, 5.41) is 22.9. The summed E-state index contributed by atoms with van der Waals surface area (Å²) in [6, 6.07) is 11.7. The molecule has 3 amide bonds. The van der Waals surface area contributed by atoms with Crippen molar-refractivity contribution < 1.29 is 14.7 Å². The number of carbonyl (C=O) groups excluding carboxylic acids is 2. The number of nitrogens with two attached hydrogens (primary N) is 2. The predicted octanol–water partition coefficient (Wildman–Crippen LogP) is 3.15. The van der Waals surface area contributed by atoms with Crippen molar-refractivity contribution in [1.82, 2.24) is 4.90 Å². The van der Waals surface area contributed by atoms with Gasteiger partial charge in [-0.05, 0) is 55.8 Å². The minimum atomic E-state index is -1.32. The van der Waals surface area contributed by atoms with Crippen LogP contribution in [0, 0.1) is 11.3 Å². The van der Waals surface area contributed by atoms with Gasteiger partial charge in [0, 0.05) is 12.2 Å². The van der Waals surface area contributed by atoms with Crippen LogP contribution >= 0.6 is 23.2 Å². The highest BCUT2D eigenvalue weighted by atomic mass is 35.5. The normalized spacial score (nSPS) is 16.6. The van der Waals surface area contributed by atoms with Crippen molar-refractivity contribution in [3.63, 3.8) is 0 Å². The third-order valence-corrected chi connectivity index (χ3v) is 6.19. The molecule has 0 bridgehead atoms. The summed E-state index contributed by atoms with van der Waals surface area (Å²) in [4.78, 5) is 31.5. The first kappa shape index (κ1) is 26.0. The maximum absolute atomic E-state index is 13.1. The summed E-state index contributed by atoms with van der Waals surface area (Å²) in [6.45, 7) is 3.09. The van der Waals surface area contributed by atoms with E-state index in [0.29, 0.717) is 21.8 Å². The lowest BCUT2D eigenvalue weighted by molar-refractivity contribution is -0.114. The van der Waals surface area contributed by atoms with E-state index in [1.54, 1.807) is 44.2 Å². The number of halogens is 2. The van der Waals surface area contributed by atoms with Crippen molar-refractivity contribution in [3.8, 4) is 6.07 Å². The van der Waals surface area contributed by atoms with Gasteiger partial charge >= 0.3 is 6.03 Å². The maximum atomic E-state index is 13.1. The number of aliphatic hydroxyl groups is 1. The van der Waals surface area contributed by atoms with Crippen LogP contribution in [-0.2, 0) is 4.79 Å². The molecule has 182 valence electrons. The Balaban J connectivity index is 1.99. The van der Waals surface area contributed by atoms with E-state index in [1.165, 1.54) is 17.0 Å². The maximum Gasteiger partial charge on any atom is 0.322 e. The van der Waals surface area contributed by atoms with Gasteiger partial charge in [-0.15, -0.1) is 0 Å². The van der Waals surface area contributed by atoms with Gasteiger partial charge in [0.2, 0.25) is 0 Å². The van der Waals surface area contributed by atoms with E-state index < -0.39 is 23.6 Å². The minimum Gasteiger partial charge on any atom is -0.398 e. The van der Waals surface area contributed by atoms with E-state index in [4.69, 9.17) is 39.9 Å². The highest BCUT2D eigenvalue weighted by molar-refractivity contribution is 6.42. The molecule has 1 aliphatic rings. The van der Waals surface area contributed by atoms with Crippen molar-refractivity contribution in [2.45, 2.75) is 25.5 Å². The van der Waals surface area contributed by atoms with Crippen LogP contribution in [0.15, 0.2) is 53.0 Å². The van der Waals surface area contributed by atoms with Gasteiger partial charge in [-0.1, -0.05) is 29.3 Å². The van der Waals surface area contributed by atoms with Crippen LogP contribution in [0.4, 0.5) is 10.5 Å². The second-order valence-electron chi connectivity index (χ2n) is 8.53. The largest absolute Gasteiger partial charge is 0.398 e. The lowest BCUT2D eigenvalue weighted by atomic mass is 9.94. The first-order chi connectivity index (χ1) is 16.4. The molecule has 9 nitrogen and oxygen atoms in total. The quantitative estimate of drug-likeness (QED) is 0.450. The highest BCUT2D eigenvalue weighted by Gasteiger charge is 2.36. The molecule has 3 rings (SSSR count). The molecule has 0 saturated heterocycles. The summed E-state index contributed by atoms with van der Waals surface area (Å²) in [5.74, 6) is -0.851. The zero-order valence-electron chi connectivity index (χ0n) is 19.0. The van der Waals surface area contributed by atoms with Crippen LogP contribution in [0.2, 0.25) is 10.0 Å². The van der Waals surface area contributed by atoms with Gasteiger partial charge in [0.15, 0.2) is 0 Å². The third-order valence-electron chi connectivity index (χ3n) is 5.45. The fourth-order valence-electron chi connectivity index (χ4n) is 3.47. The SMILES string of the molecule is CC(C)(O)C1CN(C(=O)Nc2ccc(C#N)cc2)CC(C(C(N)=O)=C(N)c2ccc(Cl)c(Cl)c2)=N1. The predicted molar refractivity (Wildman–Crippen MR) is 136 cm³/mol. The number of nitrogens with one attached hydrogen (secondary N) is 1. The number of amides is 3. The van der Waals surface area contributed by atoms with Crippen LogP contribution < -0.4 is 16.8 Å². The van der Waals surface area contributed by atoms with Crippen LogP contribution in [0.25, 0.3) is 5.70 Å². The van der Waals surface area contributed by atoms with Gasteiger partial charge < -0.3 is 26.8 Å². The number of nitriles is 1. The van der Waals surface area contributed by atoms with Gasteiger partial charge in [-0.3, -0.25) is 9.79 Å². The van der Waals surface area contributed by atoms with Crippen molar-refractivity contribution in [2.24, 2.45) is 16.5 Å². The average molecular weight is 515 g/mol. The molecule has 0 radical (unpaired) electrons. The molecule has 0 aromatic heterocycles. The standard InChI is InChI=1S/C24H24Cl2N6O3/c1-24(2,35)19-12-32(23(34)30-15-6-3-13(10-27)4-7-15)11-18(31-19)20(22(29)33)21(28)14-5-8-16(25)17(26)9-14/h3-9,19,35H,11-12,28H2,1-2H3,(H2,29,33)(H,30,34). The molecule has 1 aliphatic heterocycles. The number of hydrogen-bond donors (Lipinski definition) is 4. The van der Waals surface area contributed by atoms with Crippen LogP contribution in [0.1, 0.15) is 25.0 Å². The molecule has 2 aromatic rings. The van der Waals surface area contributed by atoms with Gasteiger partial charge in [-0.2, -0.15) is 5.26 Å². The first-order valence-corrected chi connectivity index (χ1v) is 11.3. The van der Waals surface area contributed by atoms with E-state index in [-0.39, 0.29) is 35.1 Å². The molecule has 11 heteroatoms.